The van der Waals surface area contributed by atoms with Gasteiger partial charge in [0.1, 0.15) is 11.4 Å². The summed E-state index contributed by atoms with van der Waals surface area (Å²) >= 11 is 0. The predicted molar refractivity (Wildman–Crippen MR) is 161 cm³/mol. The summed E-state index contributed by atoms with van der Waals surface area (Å²) in [4.78, 5) is 14.0. The molecule has 3 fully saturated rings. The van der Waals surface area contributed by atoms with Crippen molar-refractivity contribution in [2.24, 2.45) is 11.7 Å². The number of aromatic nitrogens is 2. The second-order valence-electron chi connectivity index (χ2n) is 10.7. The van der Waals surface area contributed by atoms with Gasteiger partial charge in [0, 0.05) is 58.8 Å². The van der Waals surface area contributed by atoms with Crippen molar-refractivity contribution in [1.29, 1.82) is 10.5 Å². The van der Waals surface area contributed by atoms with E-state index in [4.69, 9.17) is 10.5 Å². The third kappa shape index (κ3) is 8.40. The standard InChI is InChI=1S/C19H18FN3OS.C11H16N2O.CH2N2/c20-17-3-7-19(8-4-17)23-14-16(13-21-23)15-1-5-18(6-2-15)22-9-11-25(24)12-10-22;12-8-11(6-7-11)13-10(14)9-4-2-1-3-5-9;2-1-3/h1-8,13-14H,9-12H2;9H,1-7H2,(H,13,14);2H2. The van der Waals surface area contributed by atoms with E-state index in [1.807, 2.05) is 12.4 Å². The zero-order valence-electron chi connectivity index (χ0n) is 23.5. The van der Waals surface area contributed by atoms with E-state index in [-0.39, 0.29) is 17.6 Å². The maximum atomic E-state index is 13.0. The summed E-state index contributed by atoms with van der Waals surface area (Å²) in [6, 6.07) is 16.8. The molecule has 0 spiro atoms. The highest BCUT2D eigenvalue weighted by atomic mass is 32.2. The summed E-state index contributed by atoms with van der Waals surface area (Å²) < 4.78 is 26.2. The number of nitrogens with zero attached hydrogens (tertiary/aromatic N) is 5. The van der Waals surface area contributed by atoms with E-state index >= 15 is 0 Å². The molecule has 220 valence electrons. The number of halogens is 1. The van der Waals surface area contributed by atoms with Crippen LogP contribution in [0.15, 0.2) is 60.9 Å². The fraction of sp³-hybridized carbons (Fsp3) is 0.419. The van der Waals surface area contributed by atoms with E-state index in [2.05, 4.69) is 51.4 Å². The number of rotatable bonds is 5. The summed E-state index contributed by atoms with van der Waals surface area (Å²) in [6.07, 6.45) is 12.3. The summed E-state index contributed by atoms with van der Waals surface area (Å²) in [6.45, 7) is 1.68. The number of amides is 1. The van der Waals surface area contributed by atoms with Crippen LogP contribution >= 0.6 is 0 Å². The van der Waals surface area contributed by atoms with Crippen LogP contribution in [0.1, 0.15) is 44.9 Å². The Morgan fingerprint density at radius 2 is 1.57 bits per heavy atom. The van der Waals surface area contributed by atoms with Crippen molar-refractivity contribution in [3.63, 3.8) is 0 Å². The monoisotopic (exact) mass is 589 g/mol. The summed E-state index contributed by atoms with van der Waals surface area (Å²) in [5.41, 5.74) is 7.75. The molecule has 2 saturated carbocycles. The van der Waals surface area contributed by atoms with Crippen molar-refractivity contribution in [2.75, 3.05) is 29.5 Å². The molecule has 1 aromatic heterocycles. The molecule has 9 nitrogen and oxygen atoms in total. The van der Waals surface area contributed by atoms with Gasteiger partial charge in [-0.15, -0.1) is 0 Å². The van der Waals surface area contributed by atoms with Crippen LogP contribution in [0, 0.1) is 34.5 Å². The highest BCUT2D eigenvalue weighted by molar-refractivity contribution is 7.85. The van der Waals surface area contributed by atoms with Gasteiger partial charge in [0.25, 0.3) is 0 Å². The number of benzene rings is 2. The average Bonchev–Trinajstić information content (AvgIpc) is 3.62. The topological polar surface area (TPSA) is 141 Å². The van der Waals surface area contributed by atoms with Gasteiger partial charge in [0.2, 0.25) is 5.91 Å². The third-order valence-corrected chi connectivity index (χ3v) is 9.00. The molecule has 1 amide bonds. The lowest BCUT2D eigenvalue weighted by Gasteiger charge is -2.28. The Balaban J connectivity index is 0.000000201. The zero-order chi connectivity index (χ0) is 30.0. The van der Waals surface area contributed by atoms with Gasteiger partial charge < -0.3 is 16.0 Å². The Hall–Kier alpha value is -4.22. The first-order valence-corrected chi connectivity index (χ1v) is 15.7. The molecule has 0 unspecified atom stereocenters. The van der Waals surface area contributed by atoms with Crippen molar-refractivity contribution in [3.05, 3.63) is 66.7 Å². The molecule has 2 aromatic carbocycles. The molecule has 11 heteroatoms. The van der Waals surface area contributed by atoms with Crippen LogP contribution < -0.4 is 16.0 Å². The van der Waals surface area contributed by atoms with Crippen LogP contribution in [-0.2, 0) is 15.6 Å². The number of hydrogen-bond donors (Lipinski definition) is 2. The van der Waals surface area contributed by atoms with Crippen molar-refractivity contribution < 1.29 is 13.4 Å². The molecule has 3 N–H and O–H groups in total. The molecular weight excluding hydrogens is 553 g/mol. The van der Waals surface area contributed by atoms with E-state index in [0.29, 0.717) is 0 Å². The largest absolute Gasteiger partial charge is 0.370 e. The first-order valence-electron chi connectivity index (χ1n) is 14.2. The molecule has 42 heavy (non-hydrogen) atoms. The first kappa shape index (κ1) is 30.7. The molecule has 0 bridgehead atoms. The number of hydrogen-bond acceptors (Lipinski definition) is 7. The van der Waals surface area contributed by atoms with Gasteiger partial charge >= 0.3 is 0 Å². The van der Waals surface area contributed by atoms with Gasteiger partial charge in [-0.3, -0.25) is 9.00 Å². The van der Waals surface area contributed by atoms with Gasteiger partial charge in [0.05, 0.1) is 18.0 Å². The van der Waals surface area contributed by atoms with Crippen LogP contribution in [0.4, 0.5) is 10.1 Å². The quantitative estimate of drug-likeness (QED) is 0.332. The minimum absolute atomic E-state index is 0.115. The fourth-order valence-corrected chi connectivity index (χ4v) is 6.11. The van der Waals surface area contributed by atoms with E-state index < -0.39 is 16.3 Å². The molecule has 2 aliphatic carbocycles. The maximum absolute atomic E-state index is 13.0. The summed E-state index contributed by atoms with van der Waals surface area (Å²) in [7, 11) is -0.662. The zero-order valence-corrected chi connectivity index (χ0v) is 24.4. The number of anilines is 1. The van der Waals surface area contributed by atoms with Crippen molar-refractivity contribution >= 4 is 22.4 Å². The second kappa shape index (κ2) is 14.6. The van der Waals surface area contributed by atoms with Crippen LogP contribution in [-0.4, -0.2) is 50.0 Å². The number of nitriles is 2. The van der Waals surface area contributed by atoms with Crippen molar-refractivity contribution in [2.45, 2.75) is 50.5 Å². The van der Waals surface area contributed by atoms with Crippen molar-refractivity contribution in [1.82, 2.24) is 15.1 Å². The number of nitrogens with one attached hydrogen (secondary N) is 1. The highest BCUT2D eigenvalue weighted by Gasteiger charge is 2.45. The first-order chi connectivity index (χ1) is 20.4. The Labute approximate surface area is 248 Å². The minimum Gasteiger partial charge on any atom is -0.370 e. The van der Waals surface area contributed by atoms with Crippen LogP contribution in [0.3, 0.4) is 0 Å². The number of nitrogens with two attached hydrogens (primary N) is 1. The lowest BCUT2D eigenvalue weighted by atomic mass is 9.88. The summed E-state index contributed by atoms with van der Waals surface area (Å²) in [5, 5.41) is 23.2. The van der Waals surface area contributed by atoms with Crippen LogP contribution in [0.5, 0.6) is 0 Å². The van der Waals surface area contributed by atoms with Gasteiger partial charge in [-0.05, 0) is 67.6 Å². The Morgan fingerprint density at radius 3 is 2.14 bits per heavy atom. The lowest BCUT2D eigenvalue weighted by Crippen LogP contribution is -2.40. The van der Waals surface area contributed by atoms with Gasteiger partial charge in [-0.25, -0.2) is 9.07 Å². The summed E-state index contributed by atoms with van der Waals surface area (Å²) in [5.74, 6) is 1.52. The number of carbonyl (C=O) groups excluding carboxylic acids is 1. The second-order valence-corrected chi connectivity index (χ2v) is 12.4. The van der Waals surface area contributed by atoms with E-state index in [0.717, 1.165) is 85.6 Å². The number of carbonyl (C=O) groups is 1. The normalized spacial score (nSPS) is 17.7. The lowest BCUT2D eigenvalue weighted by molar-refractivity contribution is -0.126. The fourth-order valence-electron chi connectivity index (χ4n) is 5.06. The van der Waals surface area contributed by atoms with Crippen LogP contribution in [0.2, 0.25) is 0 Å². The Bertz CT molecular complexity index is 1420. The average molecular weight is 590 g/mol. The predicted octanol–water partition coefficient (Wildman–Crippen LogP) is 4.41. The van der Waals surface area contributed by atoms with Gasteiger partial charge in [-0.1, -0.05) is 31.4 Å². The molecule has 6 rings (SSSR count). The van der Waals surface area contributed by atoms with Crippen molar-refractivity contribution in [3.8, 4) is 29.1 Å². The molecule has 0 radical (unpaired) electrons. The van der Waals surface area contributed by atoms with Gasteiger partial charge in [0.15, 0.2) is 6.19 Å². The maximum Gasteiger partial charge on any atom is 0.224 e. The van der Waals surface area contributed by atoms with E-state index in [9.17, 15) is 13.4 Å². The molecule has 1 aliphatic heterocycles. The molecule has 1 saturated heterocycles. The molecule has 3 aliphatic rings. The Morgan fingerprint density at radius 1 is 0.976 bits per heavy atom. The Kier molecular flexibility index (Phi) is 10.7. The molecule has 2 heterocycles. The molecule has 0 atom stereocenters. The minimum atomic E-state index is -0.662. The SMILES string of the molecule is N#CC1(NC(=O)C2CCCCC2)CC1.N#CN.O=S1CCN(c2ccc(-c3cnn(-c4ccc(F)cc4)c3)cc2)CC1. The highest BCUT2D eigenvalue weighted by Crippen LogP contribution is 2.35. The van der Waals surface area contributed by atoms with Crippen LogP contribution in [0.25, 0.3) is 16.8 Å². The smallest absolute Gasteiger partial charge is 0.224 e. The molecular formula is C31H36FN7O2S. The third-order valence-electron chi connectivity index (χ3n) is 7.72. The van der Waals surface area contributed by atoms with E-state index in [1.165, 1.54) is 24.7 Å². The molecule has 3 aromatic rings. The van der Waals surface area contributed by atoms with E-state index in [1.54, 1.807) is 16.8 Å². The van der Waals surface area contributed by atoms with Gasteiger partial charge in [-0.2, -0.15) is 15.6 Å².